The van der Waals surface area contributed by atoms with Crippen molar-refractivity contribution in [3.8, 4) is 0 Å². The lowest BCUT2D eigenvalue weighted by Gasteiger charge is -2.38. The van der Waals surface area contributed by atoms with Crippen molar-refractivity contribution in [3.63, 3.8) is 0 Å². The summed E-state index contributed by atoms with van der Waals surface area (Å²) in [6.07, 6.45) is 3.41. The summed E-state index contributed by atoms with van der Waals surface area (Å²) in [5, 5.41) is 3.07. The molecule has 0 unspecified atom stereocenters. The van der Waals surface area contributed by atoms with E-state index in [-0.39, 0.29) is 11.5 Å². The van der Waals surface area contributed by atoms with Gasteiger partial charge in [0.25, 0.3) is 0 Å². The molecule has 0 aromatic heterocycles. The standard InChI is InChI=1S/C20H30N2O2/c1-15-5-6-16(2)17(11-15)21-18(23)12-22-9-7-20(8-10-22)13-19(3,4)24-14-20/h5-6,11H,7-10,12-14H2,1-4H3,(H,21,23). The van der Waals surface area contributed by atoms with Gasteiger partial charge in [0.2, 0.25) is 5.91 Å². The highest BCUT2D eigenvalue weighted by atomic mass is 16.5. The van der Waals surface area contributed by atoms with Gasteiger partial charge in [0.15, 0.2) is 0 Å². The van der Waals surface area contributed by atoms with Crippen molar-refractivity contribution >= 4 is 11.6 Å². The van der Waals surface area contributed by atoms with Gasteiger partial charge in [-0.2, -0.15) is 0 Å². The maximum Gasteiger partial charge on any atom is 0.238 e. The van der Waals surface area contributed by atoms with Gasteiger partial charge in [-0.25, -0.2) is 0 Å². The third-order valence-electron chi connectivity index (χ3n) is 5.52. The first-order valence-corrected chi connectivity index (χ1v) is 9.00. The normalized spacial score (nSPS) is 22.7. The molecular weight excluding hydrogens is 300 g/mol. The second-order valence-electron chi connectivity index (χ2n) is 8.37. The highest BCUT2D eigenvalue weighted by Gasteiger charge is 2.45. The number of ether oxygens (including phenoxy) is 1. The molecule has 1 aromatic carbocycles. The predicted molar refractivity (Wildman–Crippen MR) is 97.3 cm³/mol. The van der Waals surface area contributed by atoms with Gasteiger partial charge in [-0.1, -0.05) is 12.1 Å². The maximum absolute atomic E-state index is 12.4. The summed E-state index contributed by atoms with van der Waals surface area (Å²) in [5.41, 5.74) is 3.56. The van der Waals surface area contributed by atoms with Crippen LogP contribution in [0.5, 0.6) is 0 Å². The summed E-state index contributed by atoms with van der Waals surface area (Å²) in [6.45, 7) is 11.8. The third kappa shape index (κ3) is 3.98. The zero-order chi connectivity index (χ0) is 17.4. The van der Waals surface area contributed by atoms with Crippen LogP contribution < -0.4 is 5.32 Å². The van der Waals surface area contributed by atoms with Crippen molar-refractivity contribution in [2.45, 2.75) is 52.6 Å². The average Bonchev–Trinajstić information content (AvgIpc) is 2.81. The molecule has 2 aliphatic rings. The first-order chi connectivity index (χ1) is 11.3. The van der Waals surface area contributed by atoms with Gasteiger partial charge in [0, 0.05) is 5.69 Å². The monoisotopic (exact) mass is 330 g/mol. The number of hydrogen-bond acceptors (Lipinski definition) is 3. The van der Waals surface area contributed by atoms with Gasteiger partial charge < -0.3 is 10.1 Å². The fourth-order valence-corrected chi connectivity index (χ4v) is 4.12. The highest BCUT2D eigenvalue weighted by Crippen LogP contribution is 2.46. The van der Waals surface area contributed by atoms with Crippen LogP contribution in [0, 0.1) is 19.3 Å². The lowest BCUT2D eigenvalue weighted by molar-refractivity contribution is -0.117. The fourth-order valence-electron chi connectivity index (χ4n) is 4.12. The Balaban J connectivity index is 1.51. The largest absolute Gasteiger partial charge is 0.375 e. The minimum atomic E-state index is 0.0161. The predicted octanol–water partition coefficient (Wildman–Crippen LogP) is 3.52. The Morgan fingerprint density at radius 3 is 2.58 bits per heavy atom. The number of anilines is 1. The van der Waals surface area contributed by atoms with Crippen LogP contribution in [-0.2, 0) is 9.53 Å². The molecule has 0 atom stereocenters. The van der Waals surface area contributed by atoms with Gasteiger partial charge in [0.05, 0.1) is 18.8 Å². The topological polar surface area (TPSA) is 41.6 Å². The lowest BCUT2D eigenvalue weighted by atomic mass is 9.74. The molecule has 2 aliphatic heterocycles. The van der Waals surface area contributed by atoms with E-state index in [9.17, 15) is 4.79 Å². The number of nitrogens with zero attached hydrogens (tertiary/aromatic N) is 1. The summed E-state index contributed by atoms with van der Waals surface area (Å²) in [5.74, 6) is 0.0858. The smallest absolute Gasteiger partial charge is 0.238 e. The van der Waals surface area contributed by atoms with Crippen LogP contribution in [0.15, 0.2) is 18.2 Å². The first-order valence-electron chi connectivity index (χ1n) is 9.00. The molecule has 132 valence electrons. The average molecular weight is 330 g/mol. The number of piperidine rings is 1. The number of carbonyl (C=O) groups excluding carboxylic acids is 1. The van der Waals surface area contributed by atoms with E-state index in [2.05, 4.69) is 36.2 Å². The fraction of sp³-hybridized carbons (Fsp3) is 0.650. The number of carbonyl (C=O) groups is 1. The molecule has 2 saturated heterocycles. The Morgan fingerprint density at radius 2 is 1.96 bits per heavy atom. The third-order valence-corrected chi connectivity index (χ3v) is 5.52. The van der Waals surface area contributed by atoms with Gasteiger partial charge in [0.1, 0.15) is 0 Å². The summed E-state index contributed by atoms with van der Waals surface area (Å²) in [6, 6.07) is 6.16. The Kier molecular flexibility index (Phi) is 4.71. The number of benzene rings is 1. The van der Waals surface area contributed by atoms with E-state index in [1.807, 2.05) is 19.9 Å². The lowest BCUT2D eigenvalue weighted by Crippen LogP contribution is -2.44. The number of hydrogen-bond donors (Lipinski definition) is 1. The Hall–Kier alpha value is -1.39. The molecule has 2 fully saturated rings. The van der Waals surface area contributed by atoms with E-state index < -0.39 is 0 Å². The molecule has 1 N–H and O–H groups in total. The van der Waals surface area contributed by atoms with Crippen molar-refractivity contribution in [2.24, 2.45) is 5.41 Å². The van der Waals surface area contributed by atoms with Crippen LogP contribution in [0.4, 0.5) is 5.69 Å². The Labute approximate surface area is 145 Å². The molecule has 3 rings (SSSR count). The number of rotatable bonds is 3. The number of amides is 1. The molecule has 24 heavy (non-hydrogen) atoms. The number of aryl methyl sites for hydroxylation is 2. The summed E-state index contributed by atoms with van der Waals surface area (Å²) < 4.78 is 5.96. The zero-order valence-corrected chi connectivity index (χ0v) is 15.4. The molecule has 2 heterocycles. The number of nitrogens with one attached hydrogen (secondary N) is 1. The van der Waals surface area contributed by atoms with Gasteiger partial charge >= 0.3 is 0 Å². The highest BCUT2D eigenvalue weighted by molar-refractivity contribution is 5.93. The van der Waals surface area contributed by atoms with E-state index in [0.29, 0.717) is 12.0 Å². The van der Waals surface area contributed by atoms with Gasteiger partial charge in [-0.15, -0.1) is 0 Å². The summed E-state index contributed by atoms with van der Waals surface area (Å²) >= 11 is 0. The van der Waals surface area contributed by atoms with E-state index in [1.165, 1.54) is 5.56 Å². The minimum absolute atomic E-state index is 0.0161. The Bertz CT molecular complexity index is 616. The number of likely N-dealkylation sites (tertiary alicyclic amines) is 1. The quantitative estimate of drug-likeness (QED) is 0.922. The zero-order valence-electron chi connectivity index (χ0n) is 15.4. The molecule has 4 nitrogen and oxygen atoms in total. The second-order valence-corrected chi connectivity index (χ2v) is 8.37. The molecule has 0 aliphatic carbocycles. The van der Waals surface area contributed by atoms with E-state index in [4.69, 9.17) is 4.74 Å². The molecule has 1 aromatic rings. The van der Waals surface area contributed by atoms with E-state index >= 15 is 0 Å². The van der Waals surface area contributed by atoms with Crippen molar-refractivity contribution in [3.05, 3.63) is 29.3 Å². The SMILES string of the molecule is Cc1ccc(C)c(NC(=O)CN2CCC3(CC2)COC(C)(C)C3)c1. The van der Waals surface area contributed by atoms with E-state index in [1.54, 1.807) is 0 Å². The van der Waals surface area contributed by atoms with Crippen LogP contribution in [0.1, 0.15) is 44.2 Å². The molecular formula is C20H30N2O2. The first kappa shape index (κ1) is 17.4. The van der Waals surface area contributed by atoms with Gasteiger partial charge in [-0.3, -0.25) is 9.69 Å². The van der Waals surface area contributed by atoms with Gasteiger partial charge in [-0.05, 0) is 82.7 Å². The van der Waals surface area contributed by atoms with E-state index in [0.717, 1.165) is 50.2 Å². The molecule has 0 saturated carbocycles. The van der Waals surface area contributed by atoms with Crippen LogP contribution in [0.2, 0.25) is 0 Å². The molecule has 1 amide bonds. The second kappa shape index (κ2) is 6.49. The van der Waals surface area contributed by atoms with Crippen molar-refractivity contribution < 1.29 is 9.53 Å². The van der Waals surface area contributed by atoms with Crippen molar-refractivity contribution in [1.29, 1.82) is 0 Å². The van der Waals surface area contributed by atoms with Crippen LogP contribution >= 0.6 is 0 Å². The minimum Gasteiger partial charge on any atom is -0.375 e. The van der Waals surface area contributed by atoms with Crippen LogP contribution in [0.25, 0.3) is 0 Å². The molecule has 0 radical (unpaired) electrons. The summed E-state index contributed by atoms with van der Waals surface area (Å²) in [7, 11) is 0. The van der Waals surface area contributed by atoms with Crippen LogP contribution in [0.3, 0.4) is 0 Å². The summed E-state index contributed by atoms with van der Waals surface area (Å²) in [4.78, 5) is 14.7. The Morgan fingerprint density at radius 1 is 1.25 bits per heavy atom. The van der Waals surface area contributed by atoms with Crippen molar-refractivity contribution in [1.82, 2.24) is 4.90 Å². The molecule has 1 spiro atoms. The maximum atomic E-state index is 12.4. The van der Waals surface area contributed by atoms with Crippen molar-refractivity contribution in [2.75, 3.05) is 31.6 Å². The molecule has 0 bridgehead atoms. The molecule has 4 heteroatoms. The van der Waals surface area contributed by atoms with Crippen LogP contribution in [-0.4, -0.2) is 42.6 Å².